The minimum atomic E-state index is -0.298. The molecule has 1 heterocycles. The van der Waals surface area contributed by atoms with Crippen LogP contribution in [0, 0.1) is 26.2 Å². The van der Waals surface area contributed by atoms with Crippen molar-refractivity contribution in [3.63, 3.8) is 0 Å². The fraction of sp³-hybridized carbons (Fsp3) is 0.304. The molecule has 0 aliphatic heterocycles. The van der Waals surface area contributed by atoms with Gasteiger partial charge >= 0.3 is 0 Å². The molecule has 0 bridgehead atoms. The maximum atomic E-state index is 12.8. The Morgan fingerprint density at radius 1 is 1.29 bits per heavy atom. The first-order chi connectivity index (χ1) is 13.5. The number of terminal acetylenes is 1. The molecule has 1 aromatic heterocycles. The van der Waals surface area contributed by atoms with Crippen LogP contribution in [0.3, 0.4) is 0 Å². The highest BCUT2D eigenvalue weighted by Gasteiger charge is 2.12. The van der Waals surface area contributed by atoms with Crippen molar-refractivity contribution < 1.29 is 9.53 Å². The first-order valence-electron chi connectivity index (χ1n) is 9.39. The molecule has 3 aromatic rings. The smallest absolute Gasteiger partial charge is 0.279 e. The lowest BCUT2D eigenvalue weighted by atomic mass is 10.1. The predicted molar refractivity (Wildman–Crippen MR) is 115 cm³/mol. The summed E-state index contributed by atoms with van der Waals surface area (Å²) in [5.41, 5.74) is 3.85. The van der Waals surface area contributed by atoms with Gasteiger partial charge < -0.3 is 9.30 Å². The number of unbranched alkanes of at least 4 members (excludes halogenated alkanes) is 1. The quantitative estimate of drug-likeness (QED) is 0.444. The monoisotopic (exact) mass is 392 g/mol. The van der Waals surface area contributed by atoms with Crippen LogP contribution >= 0.6 is 11.3 Å². The number of carbonyl (C=O) groups excluding carboxylic acids is 1. The topological polar surface area (TPSA) is 43.6 Å². The van der Waals surface area contributed by atoms with Gasteiger partial charge in [-0.1, -0.05) is 42.7 Å². The number of hydrogen-bond acceptors (Lipinski definition) is 3. The molecule has 28 heavy (non-hydrogen) atoms. The van der Waals surface area contributed by atoms with Gasteiger partial charge in [0.05, 0.1) is 23.4 Å². The second-order valence-electron chi connectivity index (χ2n) is 6.75. The molecule has 0 spiro atoms. The minimum absolute atomic E-state index is 0.298. The molecule has 0 aliphatic carbocycles. The van der Waals surface area contributed by atoms with Gasteiger partial charge in [0, 0.05) is 5.56 Å². The number of fused-ring (bicyclic) bond motifs is 1. The molecular formula is C23H24N2O2S. The first-order valence-corrected chi connectivity index (χ1v) is 10.2. The molecule has 0 aliphatic rings. The summed E-state index contributed by atoms with van der Waals surface area (Å²) in [5.74, 6) is 3.06. The average Bonchev–Trinajstić information content (AvgIpc) is 2.99. The summed E-state index contributed by atoms with van der Waals surface area (Å²) in [4.78, 5) is 17.8. The number of aromatic nitrogens is 1. The average molecular weight is 393 g/mol. The molecule has 144 valence electrons. The van der Waals surface area contributed by atoms with Gasteiger partial charge in [-0.05, 0) is 55.7 Å². The third kappa shape index (κ3) is 4.35. The molecule has 0 radical (unpaired) electrons. The van der Waals surface area contributed by atoms with Gasteiger partial charge in [-0.2, -0.15) is 4.99 Å². The molecule has 1 amide bonds. The van der Waals surface area contributed by atoms with Crippen LogP contribution < -0.4 is 9.54 Å². The number of amides is 1. The zero-order valence-corrected chi connectivity index (χ0v) is 17.3. The van der Waals surface area contributed by atoms with E-state index in [9.17, 15) is 4.79 Å². The van der Waals surface area contributed by atoms with Crippen LogP contribution in [0.5, 0.6) is 5.75 Å². The summed E-state index contributed by atoms with van der Waals surface area (Å²) in [6, 6.07) is 11.4. The third-order valence-corrected chi connectivity index (χ3v) is 5.43. The fourth-order valence-electron chi connectivity index (χ4n) is 3.12. The van der Waals surface area contributed by atoms with Crippen LogP contribution in [0.25, 0.3) is 10.2 Å². The van der Waals surface area contributed by atoms with Crippen molar-refractivity contribution in [2.24, 2.45) is 4.99 Å². The summed E-state index contributed by atoms with van der Waals surface area (Å²) < 4.78 is 8.72. The number of ether oxygens (including phenoxy) is 1. The van der Waals surface area contributed by atoms with Gasteiger partial charge in [0.15, 0.2) is 4.80 Å². The summed E-state index contributed by atoms with van der Waals surface area (Å²) in [5, 5.41) is 0. The Morgan fingerprint density at radius 2 is 2.11 bits per heavy atom. The number of benzene rings is 2. The summed E-state index contributed by atoms with van der Waals surface area (Å²) in [7, 11) is 0. The Morgan fingerprint density at radius 3 is 2.86 bits per heavy atom. The summed E-state index contributed by atoms with van der Waals surface area (Å²) >= 11 is 1.48. The number of rotatable bonds is 6. The third-order valence-electron chi connectivity index (χ3n) is 4.41. The lowest BCUT2D eigenvalue weighted by Gasteiger charge is -2.06. The van der Waals surface area contributed by atoms with E-state index in [1.54, 1.807) is 12.1 Å². The van der Waals surface area contributed by atoms with Gasteiger partial charge in [-0.3, -0.25) is 4.79 Å². The van der Waals surface area contributed by atoms with E-state index in [1.807, 2.05) is 16.7 Å². The van der Waals surface area contributed by atoms with E-state index in [1.165, 1.54) is 16.9 Å². The molecular weight excluding hydrogens is 368 g/mol. The normalized spacial score (nSPS) is 11.6. The van der Waals surface area contributed by atoms with Crippen LogP contribution in [0.4, 0.5) is 0 Å². The molecule has 0 N–H and O–H groups in total. The largest absolute Gasteiger partial charge is 0.494 e. The van der Waals surface area contributed by atoms with Gasteiger partial charge in [0.2, 0.25) is 0 Å². The van der Waals surface area contributed by atoms with E-state index in [4.69, 9.17) is 11.2 Å². The lowest BCUT2D eigenvalue weighted by molar-refractivity contribution is 0.0997. The van der Waals surface area contributed by atoms with Crippen molar-refractivity contribution in [2.75, 3.05) is 6.61 Å². The molecule has 2 aromatic carbocycles. The zero-order valence-electron chi connectivity index (χ0n) is 16.5. The Bertz CT molecular complexity index is 1120. The van der Waals surface area contributed by atoms with Crippen molar-refractivity contribution in [3.05, 3.63) is 57.9 Å². The fourth-order valence-corrected chi connectivity index (χ4v) is 4.32. The van der Waals surface area contributed by atoms with Crippen molar-refractivity contribution in [2.45, 2.75) is 40.2 Å². The van der Waals surface area contributed by atoms with E-state index in [2.05, 4.69) is 43.8 Å². The molecule has 0 saturated heterocycles. The number of nitrogens with zero attached hydrogens (tertiary/aromatic N) is 2. The number of thiazole rings is 1. The maximum absolute atomic E-state index is 12.8. The molecule has 0 atom stereocenters. The number of carbonyl (C=O) groups is 1. The highest BCUT2D eigenvalue weighted by atomic mass is 32.1. The second kappa shape index (κ2) is 8.90. The lowest BCUT2D eigenvalue weighted by Crippen LogP contribution is -2.17. The van der Waals surface area contributed by atoms with E-state index in [0.717, 1.165) is 28.6 Å². The van der Waals surface area contributed by atoms with E-state index in [0.29, 0.717) is 29.3 Å². The van der Waals surface area contributed by atoms with Gasteiger partial charge in [-0.15, -0.1) is 6.42 Å². The van der Waals surface area contributed by atoms with E-state index in [-0.39, 0.29) is 5.91 Å². The van der Waals surface area contributed by atoms with Crippen molar-refractivity contribution in [1.82, 2.24) is 4.57 Å². The van der Waals surface area contributed by atoms with Crippen molar-refractivity contribution in [3.8, 4) is 18.1 Å². The zero-order chi connectivity index (χ0) is 20.1. The number of hydrogen-bond donors (Lipinski definition) is 0. The maximum Gasteiger partial charge on any atom is 0.279 e. The van der Waals surface area contributed by atoms with E-state index < -0.39 is 0 Å². The summed E-state index contributed by atoms with van der Waals surface area (Å²) in [6.07, 6.45) is 7.61. The summed E-state index contributed by atoms with van der Waals surface area (Å²) in [6.45, 7) is 7.24. The molecule has 3 rings (SSSR count). The Kier molecular flexibility index (Phi) is 6.33. The van der Waals surface area contributed by atoms with Gasteiger partial charge in [-0.25, -0.2) is 0 Å². The molecule has 0 saturated carbocycles. The predicted octanol–water partition coefficient (Wildman–Crippen LogP) is 4.87. The molecule has 5 heteroatoms. The SMILES string of the molecule is C#CCn1c(=NC(=O)c2cccc(OCCCC)c2)sc2cc(C)cc(C)c21. The van der Waals surface area contributed by atoms with Crippen LogP contribution in [-0.4, -0.2) is 17.1 Å². The molecule has 0 unspecified atom stereocenters. The molecule has 4 nitrogen and oxygen atoms in total. The van der Waals surface area contributed by atoms with Crippen molar-refractivity contribution in [1.29, 1.82) is 0 Å². The Hall–Kier alpha value is -2.84. The molecule has 0 fully saturated rings. The van der Waals surface area contributed by atoms with Crippen LogP contribution in [0.1, 0.15) is 41.3 Å². The number of aryl methyl sites for hydroxylation is 2. The van der Waals surface area contributed by atoms with Gasteiger partial charge in [0.1, 0.15) is 5.75 Å². The highest BCUT2D eigenvalue weighted by Crippen LogP contribution is 2.23. The Labute approximate surface area is 169 Å². The second-order valence-corrected chi connectivity index (χ2v) is 7.76. The standard InChI is InChI=1S/C23H24N2O2S/c1-5-7-12-27-19-10-8-9-18(15-19)22(26)24-23-25(11-6-2)21-17(4)13-16(3)14-20(21)28-23/h2,8-10,13-15H,5,7,11-12H2,1,3-4H3. The Balaban J connectivity index is 2.01. The van der Waals surface area contributed by atoms with Crippen molar-refractivity contribution >= 4 is 27.5 Å². The van der Waals surface area contributed by atoms with Crippen LogP contribution in [0.2, 0.25) is 0 Å². The van der Waals surface area contributed by atoms with Crippen LogP contribution in [0.15, 0.2) is 41.4 Å². The highest BCUT2D eigenvalue weighted by molar-refractivity contribution is 7.16. The van der Waals surface area contributed by atoms with E-state index >= 15 is 0 Å². The first kappa shape index (κ1) is 19.9. The minimum Gasteiger partial charge on any atom is -0.494 e. The van der Waals surface area contributed by atoms with Gasteiger partial charge in [0.25, 0.3) is 5.91 Å². The van der Waals surface area contributed by atoms with Crippen LogP contribution in [-0.2, 0) is 6.54 Å².